The molecule has 8 heteroatoms. The van der Waals surface area contributed by atoms with Crippen LogP contribution in [0.2, 0.25) is 0 Å². The van der Waals surface area contributed by atoms with Gasteiger partial charge in [0.2, 0.25) is 0 Å². The van der Waals surface area contributed by atoms with Gasteiger partial charge in [-0.1, -0.05) is 0 Å². The molecule has 0 saturated carbocycles. The van der Waals surface area contributed by atoms with Gasteiger partial charge in [0.15, 0.2) is 6.61 Å². The number of carbonyl (C=O) groups is 2. The molecule has 1 atom stereocenters. The normalized spacial score (nSPS) is 12.3. The van der Waals surface area contributed by atoms with Crippen LogP contribution in [0.15, 0.2) is 29.2 Å². The number of ether oxygens (including phenoxy) is 1. The SMILES string of the molecule is C[C@H](Sc1ccc([N+](=O)[O-])cc1)C(=O)OCC(=O)NC(C)(C)C. The molecule has 0 aliphatic rings. The molecule has 0 unspecified atom stereocenters. The van der Waals surface area contributed by atoms with E-state index in [1.165, 1.54) is 23.9 Å². The third kappa shape index (κ3) is 7.14. The molecule has 1 amide bonds. The quantitative estimate of drug-likeness (QED) is 0.370. The highest BCUT2D eigenvalue weighted by atomic mass is 32.2. The van der Waals surface area contributed by atoms with Crippen LogP contribution >= 0.6 is 11.8 Å². The van der Waals surface area contributed by atoms with Gasteiger partial charge in [-0.3, -0.25) is 19.7 Å². The van der Waals surface area contributed by atoms with E-state index in [0.29, 0.717) is 4.90 Å². The van der Waals surface area contributed by atoms with Crippen molar-refractivity contribution in [2.75, 3.05) is 6.61 Å². The molecule has 7 nitrogen and oxygen atoms in total. The van der Waals surface area contributed by atoms with Gasteiger partial charge in [0.1, 0.15) is 5.25 Å². The average Bonchev–Trinajstić information content (AvgIpc) is 2.43. The van der Waals surface area contributed by atoms with Gasteiger partial charge in [-0.25, -0.2) is 0 Å². The number of rotatable bonds is 6. The Balaban J connectivity index is 2.47. The molecule has 0 fully saturated rings. The highest BCUT2D eigenvalue weighted by molar-refractivity contribution is 8.00. The summed E-state index contributed by atoms with van der Waals surface area (Å²) >= 11 is 1.21. The summed E-state index contributed by atoms with van der Waals surface area (Å²) in [6.45, 7) is 6.82. The van der Waals surface area contributed by atoms with Gasteiger partial charge in [-0.15, -0.1) is 11.8 Å². The summed E-state index contributed by atoms with van der Waals surface area (Å²) in [6, 6.07) is 5.88. The molecule has 0 spiro atoms. The van der Waals surface area contributed by atoms with Crippen LogP contribution in [0.5, 0.6) is 0 Å². The van der Waals surface area contributed by atoms with Gasteiger partial charge >= 0.3 is 5.97 Å². The van der Waals surface area contributed by atoms with Crippen LogP contribution in [0, 0.1) is 10.1 Å². The van der Waals surface area contributed by atoms with Crippen LogP contribution in [-0.2, 0) is 14.3 Å². The standard InChI is InChI=1S/C15H20N2O5S/c1-10(14(19)22-9-13(18)16-15(2,3)4)23-12-7-5-11(6-8-12)17(20)21/h5-8,10H,9H2,1-4H3,(H,16,18)/t10-/m0/s1. The summed E-state index contributed by atoms with van der Waals surface area (Å²) in [6.07, 6.45) is 0. The van der Waals surface area contributed by atoms with Crippen molar-refractivity contribution in [2.45, 2.75) is 43.4 Å². The zero-order valence-electron chi connectivity index (χ0n) is 13.5. The molecule has 0 aromatic heterocycles. The van der Waals surface area contributed by atoms with Crippen LogP contribution in [0.1, 0.15) is 27.7 Å². The van der Waals surface area contributed by atoms with E-state index in [-0.39, 0.29) is 23.7 Å². The third-order valence-corrected chi connectivity index (χ3v) is 3.64. The Kier molecular flexibility index (Phi) is 6.56. The molecule has 1 aromatic rings. The summed E-state index contributed by atoms with van der Waals surface area (Å²) in [5, 5.41) is 12.7. The van der Waals surface area contributed by atoms with E-state index in [1.54, 1.807) is 19.1 Å². The number of hydrogen-bond donors (Lipinski definition) is 1. The Hall–Kier alpha value is -2.09. The minimum Gasteiger partial charge on any atom is -0.455 e. The maximum Gasteiger partial charge on any atom is 0.319 e. The van der Waals surface area contributed by atoms with E-state index in [9.17, 15) is 19.7 Å². The molecule has 23 heavy (non-hydrogen) atoms. The largest absolute Gasteiger partial charge is 0.455 e. The van der Waals surface area contributed by atoms with Crippen LogP contribution in [-0.4, -0.2) is 34.2 Å². The summed E-state index contributed by atoms with van der Waals surface area (Å²) in [5.74, 6) is -0.879. The Morgan fingerprint density at radius 1 is 1.30 bits per heavy atom. The Bertz CT molecular complexity index is 581. The Labute approximate surface area is 138 Å². The van der Waals surface area contributed by atoms with E-state index in [2.05, 4.69) is 5.32 Å². The van der Waals surface area contributed by atoms with Crippen molar-refractivity contribution in [1.82, 2.24) is 5.32 Å². The summed E-state index contributed by atoms with van der Waals surface area (Å²) in [4.78, 5) is 34.2. The number of nitro groups is 1. The summed E-state index contributed by atoms with van der Waals surface area (Å²) in [7, 11) is 0. The van der Waals surface area contributed by atoms with Crippen LogP contribution in [0.3, 0.4) is 0 Å². The van der Waals surface area contributed by atoms with E-state index in [4.69, 9.17) is 4.74 Å². The molecule has 0 radical (unpaired) electrons. The number of amides is 1. The molecular formula is C15H20N2O5S. The second kappa shape index (κ2) is 7.96. The zero-order valence-corrected chi connectivity index (χ0v) is 14.3. The second-order valence-corrected chi connectivity index (χ2v) is 7.33. The molecule has 0 aliphatic carbocycles. The van der Waals surface area contributed by atoms with Crippen molar-refractivity contribution in [3.63, 3.8) is 0 Å². The van der Waals surface area contributed by atoms with Gasteiger partial charge in [-0.05, 0) is 39.8 Å². The first-order valence-electron chi connectivity index (χ1n) is 6.97. The van der Waals surface area contributed by atoms with Crippen LogP contribution in [0.4, 0.5) is 5.69 Å². The second-order valence-electron chi connectivity index (χ2n) is 5.92. The smallest absolute Gasteiger partial charge is 0.319 e. The topological polar surface area (TPSA) is 98.5 Å². The fourth-order valence-electron chi connectivity index (χ4n) is 1.61. The highest BCUT2D eigenvalue weighted by Gasteiger charge is 2.19. The van der Waals surface area contributed by atoms with Crippen molar-refractivity contribution in [2.24, 2.45) is 0 Å². The Morgan fingerprint density at radius 2 is 1.87 bits per heavy atom. The molecule has 0 bridgehead atoms. The molecule has 1 N–H and O–H groups in total. The van der Waals surface area contributed by atoms with Crippen molar-refractivity contribution in [3.05, 3.63) is 34.4 Å². The first-order valence-corrected chi connectivity index (χ1v) is 7.85. The highest BCUT2D eigenvalue weighted by Crippen LogP contribution is 2.25. The van der Waals surface area contributed by atoms with Crippen molar-refractivity contribution >= 4 is 29.3 Å². The molecular weight excluding hydrogens is 320 g/mol. The lowest BCUT2D eigenvalue weighted by Crippen LogP contribution is -2.43. The molecule has 0 saturated heterocycles. The van der Waals surface area contributed by atoms with Crippen LogP contribution in [0.25, 0.3) is 0 Å². The molecule has 0 heterocycles. The summed E-state index contributed by atoms with van der Waals surface area (Å²) in [5.41, 5.74) is -0.397. The number of thioether (sulfide) groups is 1. The third-order valence-electron chi connectivity index (χ3n) is 2.55. The van der Waals surface area contributed by atoms with E-state index < -0.39 is 16.1 Å². The minimum absolute atomic E-state index is 0.0107. The first-order chi connectivity index (χ1) is 10.6. The lowest BCUT2D eigenvalue weighted by Gasteiger charge is -2.20. The molecule has 0 aliphatic heterocycles. The molecule has 1 rings (SSSR count). The van der Waals surface area contributed by atoms with Gasteiger partial charge in [0.25, 0.3) is 11.6 Å². The van der Waals surface area contributed by atoms with E-state index in [0.717, 1.165) is 0 Å². The number of carbonyl (C=O) groups excluding carboxylic acids is 2. The minimum atomic E-state index is -0.529. The number of nitrogens with one attached hydrogen (secondary N) is 1. The van der Waals surface area contributed by atoms with Crippen molar-refractivity contribution in [1.29, 1.82) is 0 Å². The average molecular weight is 340 g/mol. The number of non-ortho nitro benzene ring substituents is 1. The fraction of sp³-hybridized carbons (Fsp3) is 0.467. The van der Waals surface area contributed by atoms with Gasteiger partial charge in [0, 0.05) is 22.6 Å². The van der Waals surface area contributed by atoms with Crippen molar-refractivity contribution < 1.29 is 19.2 Å². The fourth-order valence-corrected chi connectivity index (χ4v) is 2.47. The maximum atomic E-state index is 11.9. The molecule has 126 valence electrons. The Morgan fingerprint density at radius 3 is 2.35 bits per heavy atom. The predicted molar refractivity (Wildman–Crippen MR) is 87.3 cm³/mol. The number of benzene rings is 1. The lowest BCUT2D eigenvalue weighted by molar-refractivity contribution is -0.384. The van der Waals surface area contributed by atoms with Gasteiger partial charge in [0.05, 0.1) is 4.92 Å². The van der Waals surface area contributed by atoms with Gasteiger partial charge in [-0.2, -0.15) is 0 Å². The maximum absolute atomic E-state index is 11.9. The number of nitro benzene ring substituents is 1. The zero-order chi connectivity index (χ0) is 17.6. The lowest BCUT2D eigenvalue weighted by atomic mass is 10.1. The summed E-state index contributed by atoms with van der Waals surface area (Å²) < 4.78 is 4.97. The molecule has 1 aromatic carbocycles. The van der Waals surface area contributed by atoms with Crippen LogP contribution < -0.4 is 5.32 Å². The monoisotopic (exact) mass is 340 g/mol. The van der Waals surface area contributed by atoms with Gasteiger partial charge < -0.3 is 10.1 Å². The first kappa shape index (κ1) is 19.0. The van der Waals surface area contributed by atoms with E-state index >= 15 is 0 Å². The number of esters is 1. The predicted octanol–water partition coefficient (Wildman–Crippen LogP) is 2.53. The van der Waals surface area contributed by atoms with E-state index in [1.807, 2.05) is 20.8 Å². The number of nitrogens with zero attached hydrogens (tertiary/aromatic N) is 1. The van der Waals surface area contributed by atoms with Crippen molar-refractivity contribution in [3.8, 4) is 0 Å². The number of hydrogen-bond acceptors (Lipinski definition) is 6.